The van der Waals surface area contributed by atoms with Gasteiger partial charge in [-0.3, -0.25) is 4.79 Å². The van der Waals surface area contributed by atoms with Gasteiger partial charge in [-0.1, -0.05) is 50.6 Å². The number of hydrogen-bond donors (Lipinski definition) is 2. The number of ether oxygens (including phenoxy) is 1. The van der Waals surface area contributed by atoms with Crippen LogP contribution in [0.5, 0.6) is 0 Å². The Bertz CT molecular complexity index is 909. The number of benzene rings is 1. The minimum atomic E-state index is -0.763. The fraction of sp³-hybridized carbons (Fsp3) is 0.733. The van der Waals surface area contributed by atoms with E-state index in [9.17, 15) is 14.7 Å². The Balaban J connectivity index is 1.51. The van der Waals surface area contributed by atoms with Crippen LogP contribution in [-0.4, -0.2) is 77.9 Å². The summed E-state index contributed by atoms with van der Waals surface area (Å²) in [6.45, 7) is 7.03. The maximum Gasteiger partial charge on any atom is 0.320 e. The van der Waals surface area contributed by atoms with Gasteiger partial charge in [0.25, 0.3) is 0 Å². The van der Waals surface area contributed by atoms with Gasteiger partial charge in [0.05, 0.1) is 24.3 Å². The zero-order valence-electron chi connectivity index (χ0n) is 23.1. The number of carbonyl (C=O) groups excluding carboxylic acids is 2. The molecule has 7 heteroatoms. The highest BCUT2D eigenvalue weighted by Crippen LogP contribution is 2.51. The summed E-state index contributed by atoms with van der Waals surface area (Å²) in [7, 11) is 1.61. The molecule has 2 N–H and O–H groups in total. The number of rotatable bonds is 12. The van der Waals surface area contributed by atoms with E-state index in [1.807, 2.05) is 9.80 Å². The third kappa shape index (κ3) is 6.14. The normalized spacial score (nSPS) is 27.8. The first-order valence-electron chi connectivity index (χ1n) is 14.3. The molecule has 37 heavy (non-hydrogen) atoms. The summed E-state index contributed by atoms with van der Waals surface area (Å²) in [4.78, 5) is 29.9. The molecule has 0 bridgehead atoms. The molecule has 1 saturated heterocycles. The molecule has 0 radical (unpaired) electrons. The molecule has 1 atom stereocenters. The van der Waals surface area contributed by atoms with Crippen LogP contribution in [0.15, 0.2) is 30.3 Å². The average molecular weight is 514 g/mol. The van der Waals surface area contributed by atoms with E-state index >= 15 is 0 Å². The average Bonchev–Trinajstić information content (AvgIpc) is 3.14. The molecule has 3 amide bonds. The summed E-state index contributed by atoms with van der Waals surface area (Å²) in [5, 5.41) is 13.9. The van der Waals surface area contributed by atoms with Crippen molar-refractivity contribution in [2.45, 2.75) is 94.6 Å². The van der Waals surface area contributed by atoms with Crippen LogP contribution in [0.25, 0.3) is 0 Å². The Morgan fingerprint density at radius 1 is 1.14 bits per heavy atom. The fourth-order valence-corrected chi connectivity index (χ4v) is 6.78. The Labute approximate surface area is 222 Å². The Kier molecular flexibility index (Phi) is 8.85. The molecule has 2 aliphatic carbocycles. The van der Waals surface area contributed by atoms with Crippen molar-refractivity contribution in [3.05, 3.63) is 35.9 Å². The number of nitrogens with zero attached hydrogens (tertiary/aromatic N) is 2. The van der Waals surface area contributed by atoms with Gasteiger partial charge >= 0.3 is 6.03 Å². The van der Waals surface area contributed by atoms with E-state index < -0.39 is 5.60 Å². The Morgan fingerprint density at radius 2 is 1.84 bits per heavy atom. The second-order valence-corrected chi connectivity index (χ2v) is 12.0. The standard InChI is InChI=1S/C30H47N3O4/c1-4-24(2)21-28(25-9-6-5-7-10-25)14-16-29(17-15-28)22-32(19-11-26(34)31-18-20-37-3)27(35)33(29)23-30(36)12-8-13-30/h5-7,9-10,24,36H,4,8,11-23H2,1-3H3,(H,31,34). The summed E-state index contributed by atoms with van der Waals surface area (Å²) in [5.41, 5.74) is 0.505. The summed E-state index contributed by atoms with van der Waals surface area (Å²) in [5.74, 6) is 0.578. The van der Waals surface area contributed by atoms with Gasteiger partial charge in [0, 0.05) is 33.2 Å². The molecule has 4 rings (SSSR count). The lowest BCUT2D eigenvalue weighted by atomic mass is 9.60. The lowest BCUT2D eigenvalue weighted by Crippen LogP contribution is -2.58. The van der Waals surface area contributed by atoms with Gasteiger partial charge < -0.3 is 25.0 Å². The molecule has 1 aromatic carbocycles. The van der Waals surface area contributed by atoms with Gasteiger partial charge in [0.2, 0.25) is 5.91 Å². The second kappa shape index (κ2) is 11.7. The molecule has 1 unspecified atom stereocenters. The van der Waals surface area contributed by atoms with Crippen molar-refractivity contribution >= 4 is 11.9 Å². The highest BCUT2D eigenvalue weighted by atomic mass is 16.5. The number of methoxy groups -OCH3 is 1. The number of urea groups is 1. The van der Waals surface area contributed by atoms with Crippen molar-refractivity contribution in [1.82, 2.24) is 15.1 Å². The van der Waals surface area contributed by atoms with E-state index in [-0.39, 0.29) is 29.3 Å². The number of β-amino-alcohol motifs (C(OH)–C–C–N with tert-alkyl or cyclic N) is 1. The molecule has 3 aliphatic rings. The van der Waals surface area contributed by atoms with E-state index in [1.54, 1.807) is 7.11 Å². The fourth-order valence-electron chi connectivity index (χ4n) is 6.78. The third-order valence-corrected chi connectivity index (χ3v) is 9.49. The molecule has 0 aromatic heterocycles. The van der Waals surface area contributed by atoms with Crippen molar-refractivity contribution in [2.24, 2.45) is 5.92 Å². The van der Waals surface area contributed by atoms with Crippen LogP contribution in [0.1, 0.15) is 83.6 Å². The maximum atomic E-state index is 13.7. The number of aliphatic hydroxyl groups is 1. The van der Waals surface area contributed by atoms with Crippen molar-refractivity contribution in [1.29, 1.82) is 0 Å². The molecule has 7 nitrogen and oxygen atoms in total. The van der Waals surface area contributed by atoms with Crippen molar-refractivity contribution < 1.29 is 19.4 Å². The highest BCUT2D eigenvalue weighted by molar-refractivity contribution is 5.80. The van der Waals surface area contributed by atoms with E-state index in [4.69, 9.17) is 4.74 Å². The Morgan fingerprint density at radius 3 is 2.43 bits per heavy atom. The van der Waals surface area contributed by atoms with E-state index in [2.05, 4.69) is 49.5 Å². The summed E-state index contributed by atoms with van der Waals surface area (Å²) >= 11 is 0. The van der Waals surface area contributed by atoms with Crippen LogP contribution in [0, 0.1) is 5.92 Å². The monoisotopic (exact) mass is 513 g/mol. The molecule has 1 aliphatic heterocycles. The smallest absolute Gasteiger partial charge is 0.320 e. The van der Waals surface area contributed by atoms with Crippen LogP contribution in [0.4, 0.5) is 4.79 Å². The predicted molar refractivity (Wildman–Crippen MR) is 145 cm³/mol. The molecular weight excluding hydrogens is 466 g/mol. The zero-order chi connectivity index (χ0) is 26.5. The van der Waals surface area contributed by atoms with Crippen LogP contribution in [-0.2, 0) is 14.9 Å². The molecule has 3 fully saturated rings. The number of amides is 3. The number of nitrogens with one attached hydrogen (secondary N) is 1. The van der Waals surface area contributed by atoms with E-state index in [0.717, 1.165) is 57.8 Å². The van der Waals surface area contributed by atoms with Gasteiger partial charge in [-0.05, 0) is 68.3 Å². The summed E-state index contributed by atoms with van der Waals surface area (Å²) < 4.78 is 5.01. The van der Waals surface area contributed by atoms with Crippen LogP contribution in [0.2, 0.25) is 0 Å². The molecule has 1 aromatic rings. The molecule has 206 valence electrons. The van der Waals surface area contributed by atoms with E-state index in [1.165, 1.54) is 5.56 Å². The largest absolute Gasteiger partial charge is 0.388 e. The topological polar surface area (TPSA) is 82.1 Å². The van der Waals surface area contributed by atoms with E-state index in [0.29, 0.717) is 38.7 Å². The number of hydrogen-bond acceptors (Lipinski definition) is 4. The van der Waals surface area contributed by atoms with Gasteiger partial charge in [0.15, 0.2) is 0 Å². The first-order valence-corrected chi connectivity index (χ1v) is 14.3. The summed E-state index contributed by atoms with van der Waals surface area (Å²) in [6, 6.07) is 10.9. The van der Waals surface area contributed by atoms with Crippen molar-refractivity contribution in [3.63, 3.8) is 0 Å². The minimum Gasteiger partial charge on any atom is -0.388 e. The second-order valence-electron chi connectivity index (χ2n) is 12.0. The number of carbonyl (C=O) groups is 2. The first-order chi connectivity index (χ1) is 17.7. The molecule has 1 heterocycles. The van der Waals surface area contributed by atoms with Crippen LogP contribution in [0.3, 0.4) is 0 Å². The molecular formula is C30H47N3O4. The third-order valence-electron chi connectivity index (χ3n) is 9.49. The van der Waals surface area contributed by atoms with Gasteiger partial charge in [-0.2, -0.15) is 0 Å². The minimum absolute atomic E-state index is 0.0147. The maximum absolute atomic E-state index is 13.7. The summed E-state index contributed by atoms with van der Waals surface area (Å²) in [6.07, 6.45) is 9.07. The molecule has 2 saturated carbocycles. The zero-order valence-corrected chi connectivity index (χ0v) is 23.1. The van der Waals surface area contributed by atoms with Gasteiger partial charge in [-0.15, -0.1) is 0 Å². The SMILES string of the molecule is CCC(C)CC1(c2ccccc2)CCC2(CC1)CN(CCC(=O)NCCOC)C(=O)N2CC1(O)CCC1. The van der Waals surface area contributed by atoms with Crippen LogP contribution >= 0.6 is 0 Å². The van der Waals surface area contributed by atoms with Crippen molar-refractivity contribution in [2.75, 3.05) is 39.9 Å². The van der Waals surface area contributed by atoms with Crippen LogP contribution < -0.4 is 5.32 Å². The predicted octanol–water partition coefficient (Wildman–Crippen LogP) is 4.48. The lowest BCUT2D eigenvalue weighted by Gasteiger charge is -2.51. The van der Waals surface area contributed by atoms with Crippen molar-refractivity contribution in [3.8, 4) is 0 Å². The molecule has 1 spiro atoms. The lowest BCUT2D eigenvalue weighted by molar-refractivity contribution is -0.121. The Hall–Kier alpha value is -2.12. The quantitative estimate of drug-likeness (QED) is 0.404. The van der Waals surface area contributed by atoms with Gasteiger partial charge in [-0.25, -0.2) is 4.79 Å². The van der Waals surface area contributed by atoms with Gasteiger partial charge in [0.1, 0.15) is 0 Å². The first kappa shape index (κ1) is 27.9. The highest BCUT2D eigenvalue weighted by Gasteiger charge is 2.55.